The molecule has 0 saturated carbocycles. The zero-order valence-corrected chi connectivity index (χ0v) is 9.59. The molecule has 1 aromatic carbocycles. The minimum atomic E-state index is -3.69. The molecule has 1 aromatic rings. The van der Waals surface area contributed by atoms with Crippen LogP contribution in [0.5, 0.6) is 0 Å². The third kappa shape index (κ3) is 3.73. The third-order valence-electron chi connectivity index (χ3n) is 1.83. The molecule has 0 spiro atoms. The molecule has 1 rings (SSSR count). The second kappa shape index (κ2) is 5.21. The molecule has 0 aliphatic heterocycles. The normalized spacial score (nSPS) is 14.4. The van der Waals surface area contributed by atoms with Gasteiger partial charge < -0.3 is 9.42 Å². The molecular formula is C9H12NO5P. The summed E-state index contributed by atoms with van der Waals surface area (Å²) in [5, 5.41) is 10.5. The molecule has 88 valence electrons. The first-order valence-electron chi connectivity index (χ1n) is 4.64. The summed E-state index contributed by atoms with van der Waals surface area (Å²) in [5.41, 5.74) is 0.308. The van der Waals surface area contributed by atoms with Crippen LogP contribution in [0.2, 0.25) is 0 Å². The molecule has 0 saturated heterocycles. The Kier molecular flexibility index (Phi) is 4.18. The molecule has 16 heavy (non-hydrogen) atoms. The van der Waals surface area contributed by atoms with E-state index in [1.54, 1.807) is 13.0 Å². The van der Waals surface area contributed by atoms with E-state index in [1.807, 2.05) is 0 Å². The van der Waals surface area contributed by atoms with E-state index in [1.165, 1.54) is 18.2 Å². The summed E-state index contributed by atoms with van der Waals surface area (Å²) in [4.78, 5) is 19.3. The number of rotatable bonds is 5. The quantitative estimate of drug-likeness (QED) is 0.488. The number of nitrogens with zero attached hydrogens (tertiary/aromatic N) is 1. The van der Waals surface area contributed by atoms with E-state index in [2.05, 4.69) is 4.52 Å². The lowest BCUT2D eigenvalue weighted by molar-refractivity contribution is -0.384. The summed E-state index contributed by atoms with van der Waals surface area (Å²) in [6.45, 7) is 1.74. The first-order chi connectivity index (χ1) is 7.44. The number of non-ortho nitro benzene ring substituents is 1. The van der Waals surface area contributed by atoms with E-state index < -0.39 is 12.5 Å². The predicted molar refractivity (Wildman–Crippen MR) is 58.3 cm³/mol. The molecule has 0 bridgehead atoms. The molecule has 1 unspecified atom stereocenters. The van der Waals surface area contributed by atoms with Gasteiger partial charge in [-0.25, -0.2) is 0 Å². The van der Waals surface area contributed by atoms with Crippen LogP contribution in [0.25, 0.3) is 0 Å². The molecule has 0 aliphatic carbocycles. The Bertz CT molecular complexity index is 434. The van der Waals surface area contributed by atoms with Gasteiger partial charge in [-0.05, 0) is 12.5 Å². The van der Waals surface area contributed by atoms with Crippen molar-refractivity contribution >= 4 is 13.3 Å². The molecule has 0 fully saturated rings. The van der Waals surface area contributed by atoms with Gasteiger partial charge in [-0.15, -0.1) is 0 Å². The number of hydrogen-bond acceptors (Lipinski definition) is 4. The van der Waals surface area contributed by atoms with Gasteiger partial charge in [0.05, 0.1) is 17.7 Å². The first kappa shape index (κ1) is 12.8. The molecule has 0 aliphatic rings. The zero-order valence-electron chi connectivity index (χ0n) is 8.70. The largest absolute Gasteiger partial charge is 0.332 e. The Labute approximate surface area is 92.5 Å². The predicted octanol–water partition coefficient (Wildman–Crippen LogP) is 2.32. The van der Waals surface area contributed by atoms with Crippen LogP contribution in [0.4, 0.5) is 5.69 Å². The van der Waals surface area contributed by atoms with Crippen molar-refractivity contribution in [2.24, 2.45) is 0 Å². The van der Waals surface area contributed by atoms with Crippen LogP contribution in [0.1, 0.15) is 12.5 Å². The lowest BCUT2D eigenvalue weighted by atomic mass is 10.2. The van der Waals surface area contributed by atoms with Crippen LogP contribution in [0.3, 0.4) is 0 Å². The van der Waals surface area contributed by atoms with Gasteiger partial charge in [0, 0.05) is 12.1 Å². The fourth-order valence-corrected chi connectivity index (χ4v) is 2.40. The van der Waals surface area contributed by atoms with E-state index in [-0.39, 0.29) is 18.5 Å². The van der Waals surface area contributed by atoms with Crippen molar-refractivity contribution in [3.63, 3.8) is 0 Å². The molecule has 1 atom stereocenters. The van der Waals surface area contributed by atoms with Gasteiger partial charge in [0.1, 0.15) is 0 Å². The van der Waals surface area contributed by atoms with Gasteiger partial charge in [-0.3, -0.25) is 14.7 Å². The maximum absolute atomic E-state index is 11.4. The van der Waals surface area contributed by atoms with E-state index in [9.17, 15) is 19.6 Å². The minimum absolute atomic E-state index is 0.103. The topological polar surface area (TPSA) is 89.7 Å². The summed E-state index contributed by atoms with van der Waals surface area (Å²) in [7, 11) is -3.69. The average molecular weight is 245 g/mol. The van der Waals surface area contributed by atoms with Gasteiger partial charge in [-0.1, -0.05) is 12.1 Å². The monoisotopic (exact) mass is 245 g/mol. The van der Waals surface area contributed by atoms with Crippen molar-refractivity contribution < 1.29 is 18.9 Å². The molecule has 0 heterocycles. The summed E-state index contributed by atoms with van der Waals surface area (Å²) in [5.74, 6) is 0. The second-order valence-electron chi connectivity index (χ2n) is 3.14. The van der Waals surface area contributed by atoms with Crippen LogP contribution >= 0.6 is 7.60 Å². The van der Waals surface area contributed by atoms with Crippen molar-refractivity contribution in [3.05, 3.63) is 39.9 Å². The van der Waals surface area contributed by atoms with Crippen LogP contribution in [-0.2, 0) is 15.3 Å². The molecule has 6 nitrogen and oxygen atoms in total. The van der Waals surface area contributed by atoms with Crippen LogP contribution in [0, 0.1) is 10.1 Å². The van der Waals surface area contributed by atoms with Crippen LogP contribution in [-0.4, -0.2) is 16.4 Å². The Morgan fingerprint density at radius 3 is 2.81 bits per heavy atom. The molecule has 0 aromatic heterocycles. The van der Waals surface area contributed by atoms with E-state index in [4.69, 9.17) is 0 Å². The highest BCUT2D eigenvalue weighted by molar-refractivity contribution is 7.51. The first-order valence-corrected chi connectivity index (χ1v) is 6.40. The Morgan fingerprint density at radius 2 is 2.25 bits per heavy atom. The summed E-state index contributed by atoms with van der Waals surface area (Å²) in [6.07, 6.45) is -0.220. The lowest BCUT2D eigenvalue weighted by Crippen LogP contribution is -1.95. The number of nitro benzene ring substituents is 1. The van der Waals surface area contributed by atoms with Crippen molar-refractivity contribution in [2.75, 3.05) is 6.61 Å². The van der Waals surface area contributed by atoms with Crippen molar-refractivity contribution in [2.45, 2.75) is 13.1 Å². The van der Waals surface area contributed by atoms with Gasteiger partial charge in [0.25, 0.3) is 5.69 Å². The average Bonchev–Trinajstić information content (AvgIpc) is 2.17. The van der Waals surface area contributed by atoms with Crippen LogP contribution in [0.15, 0.2) is 24.3 Å². The highest BCUT2D eigenvalue weighted by Gasteiger charge is 2.20. The minimum Gasteiger partial charge on any atom is -0.324 e. The van der Waals surface area contributed by atoms with Crippen molar-refractivity contribution in [1.29, 1.82) is 0 Å². The summed E-state index contributed by atoms with van der Waals surface area (Å²) < 4.78 is 16.1. The number of hydrogen-bond donors (Lipinski definition) is 1. The zero-order chi connectivity index (χ0) is 12.2. The molecule has 0 radical (unpaired) electrons. The van der Waals surface area contributed by atoms with Crippen molar-refractivity contribution in [3.8, 4) is 0 Å². The summed E-state index contributed by atoms with van der Waals surface area (Å²) >= 11 is 0. The highest BCUT2D eigenvalue weighted by atomic mass is 31.2. The van der Waals surface area contributed by atoms with Gasteiger partial charge >= 0.3 is 7.60 Å². The molecule has 0 amide bonds. The Morgan fingerprint density at radius 1 is 1.56 bits per heavy atom. The molecule has 7 heteroatoms. The van der Waals surface area contributed by atoms with Crippen molar-refractivity contribution in [1.82, 2.24) is 0 Å². The maximum atomic E-state index is 11.4. The van der Waals surface area contributed by atoms with E-state index in [0.29, 0.717) is 5.56 Å². The van der Waals surface area contributed by atoms with Gasteiger partial charge in [-0.2, -0.15) is 0 Å². The summed E-state index contributed by atoms with van der Waals surface area (Å²) in [6, 6.07) is 5.61. The van der Waals surface area contributed by atoms with Gasteiger partial charge in [0.15, 0.2) is 0 Å². The van der Waals surface area contributed by atoms with Crippen LogP contribution < -0.4 is 0 Å². The third-order valence-corrected chi connectivity index (χ3v) is 3.26. The highest BCUT2D eigenvalue weighted by Crippen LogP contribution is 2.45. The molecule has 1 N–H and O–H groups in total. The molecular weight excluding hydrogens is 233 g/mol. The number of nitro groups is 1. The fraction of sp³-hybridized carbons (Fsp3) is 0.333. The smallest absolute Gasteiger partial charge is 0.324 e. The lowest BCUT2D eigenvalue weighted by Gasteiger charge is -2.10. The van der Waals surface area contributed by atoms with E-state index in [0.717, 1.165) is 0 Å². The SMILES string of the molecule is CCOP(=O)(O)Cc1cccc([N+](=O)[O-])c1. The fourth-order valence-electron chi connectivity index (χ4n) is 1.25. The maximum Gasteiger partial charge on any atom is 0.332 e. The second-order valence-corrected chi connectivity index (χ2v) is 4.99. The van der Waals surface area contributed by atoms with Gasteiger partial charge in [0.2, 0.25) is 0 Å². The Hall–Kier alpha value is -1.23. The Balaban J connectivity index is 2.85. The van der Waals surface area contributed by atoms with E-state index >= 15 is 0 Å². The standard InChI is InChI=1S/C9H12NO5P/c1-2-15-16(13,14)7-8-4-3-5-9(6-8)10(11)12/h3-6H,2,7H2,1H3,(H,13,14). The number of benzene rings is 1.